The largest absolute Gasteiger partial charge is 0.375 e. The monoisotopic (exact) mass is 156 g/mol. The summed E-state index contributed by atoms with van der Waals surface area (Å²) in [7, 11) is 0. The number of nitrogens with one attached hydrogen (secondary N) is 1. The van der Waals surface area contributed by atoms with Gasteiger partial charge in [-0.3, -0.25) is 9.69 Å². The van der Waals surface area contributed by atoms with E-state index < -0.39 is 6.23 Å². The van der Waals surface area contributed by atoms with E-state index in [1.807, 2.05) is 0 Å². The topological polar surface area (TPSA) is 52.6 Å². The Morgan fingerprint density at radius 3 is 3.09 bits per heavy atom. The van der Waals surface area contributed by atoms with Crippen LogP contribution in [-0.2, 0) is 4.79 Å². The number of carbonyl (C=O) groups is 1. The van der Waals surface area contributed by atoms with E-state index in [0.29, 0.717) is 13.1 Å². The van der Waals surface area contributed by atoms with Gasteiger partial charge in [-0.15, -0.1) is 0 Å². The van der Waals surface area contributed by atoms with Gasteiger partial charge < -0.3 is 10.4 Å². The summed E-state index contributed by atoms with van der Waals surface area (Å²) in [6.07, 6.45) is 0.722. The highest BCUT2D eigenvalue weighted by atomic mass is 16.3. The van der Waals surface area contributed by atoms with Gasteiger partial charge in [0.05, 0.1) is 6.54 Å². The molecular weight excluding hydrogens is 144 g/mol. The molecule has 4 nitrogen and oxygen atoms in total. The number of aliphatic hydroxyl groups is 1. The molecule has 11 heavy (non-hydrogen) atoms. The van der Waals surface area contributed by atoms with Gasteiger partial charge in [0, 0.05) is 13.1 Å². The van der Waals surface area contributed by atoms with Crippen molar-refractivity contribution in [3.63, 3.8) is 0 Å². The Bertz CT molecular complexity index is 170. The molecule has 1 unspecified atom stereocenters. The lowest BCUT2D eigenvalue weighted by molar-refractivity contribution is -0.127. The zero-order valence-corrected chi connectivity index (χ0v) is 6.29. The Morgan fingerprint density at radius 1 is 1.82 bits per heavy atom. The number of rotatable bonds is 2. The van der Waals surface area contributed by atoms with Crippen LogP contribution in [-0.4, -0.2) is 41.8 Å². The molecule has 0 aromatic carbocycles. The van der Waals surface area contributed by atoms with Crippen molar-refractivity contribution in [2.45, 2.75) is 6.23 Å². The number of hydrogen-bond acceptors (Lipinski definition) is 3. The fraction of sp³-hybridized carbons (Fsp3) is 0.571. The van der Waals surface area contributed by atoms with E-state index in [1.165, 1.54) is 6.08 Å². The van der Waals surface area contributed by atoms with Gasteiger partial charge in [0.2, 0.25) is 5.91 Å². The van der Waals surface area contributed by atoms with Crippen molar-refractivity contribution in [2.75, 3.05) is 19.6 Å². The fourth-order valence-corrected chi connectivity index (χ4v) is 1.03. The molecule has 0 aromatic rings. The molecular formula is C7H12N2O2. The minimum atomic E-state index is -0.693. The molecule has 0 spiro atoms. The molecule has 1 aliphatic heterocycles. The Hall–Kier alpha value is -0.870. The Labute approximate surface area is 65.5 Å². The smallest absolute Gasteiger partial charge is 0.234 e. The Balaban J connectivity index is 2.45. The molecule has 0 aliphatic carbocycles. The van der Waals surface area contributed by atoms with Crippen molar-refractivity contribution in [1.82, 2.24) is 10.2 Å². The number of hydrogen-bond donors (Lipinski definition) is 2. The lowest BCUT2D eigenvalue weighted by atomic mass is 10.3. The molecule has 2 N–H and O–H groups in total. The van der Waals surface area contributed by atoms with Crippen molar-refractivity contribution in [3.05, 3.63) is 12.7 Å². The molecule has 62 valence electrons. The SMILES string of the molecule is C=CC(O)N1CCNC(=O)C1. The second kappa shape index (κ2) is 3.50. The molecule has 1 atom stereocenters. The molecule has 1 heterocycles. The number of aliphatic hydroxyl groups excluding tert-OH is 1. The predicted molar refractivity (Wildman–Crippen MR) is 40.8 cm³/mol. The molecule has 1 saturated heterocycles. The first-order valence-electron chi connectivity index (χ1n) is 3.55. The first-order valence-corrected chi connectivity index (χ1v) is 3.55. The van der Waals surface area contributed by atoms with Crippen molar-refractivity contribution in [1.29, 1.82) is 0 Å². The molecule has 1 fully saturated rings. The molecule has 0 saturated carbocycles. The third kappa shape index (κ3) is 2.03. The molecule has 1 aliphatic rings. The van der Waals surface area contributed by atoms with Crippen LogP contribution in [0.25, 0.3) is 0 Å². The quantitative estimate of drug-likeness (QED) is 0.500. The summed E-state index contributed by atoms with van der Waals surface area (Å²) >= 11 is 0. The van der Waals surface area contributed by atoms with Gasteiger partial charge in [0.1, 0.15) is 6.23 Å². The van der Waals surface area contributed by atoms with Gasteiger partial charge in [-0.1, -0.05) is 6.58 Å². The van der Waals surface area contributed by atoms with Crippen LogP contribution in [0.4, 0.5) is 0 Å². The first kappa shape index (κ1) is 8.23. The molecule has 1 rings (SSSR count). The number of amides is 1. The minimum absolute atomic E-state index is 0.0443. The summed E-state index contributed by atoms with van der Waals surface area (Å²) in [6, 6.07) is 0. The normalized spacial score (nSPS) is 22.5. The van der Waals surface area contributed by atoms with Crippen molar-refractivity contribution in [3.8, 4) is 0 Å². The van der Waals surface area contributed by atoms with Crippen LogP contribution in [0.15, 0.2) is 12.7 Å². The highest BCUT2D eigenvalue weighted by Gasteiger charge is 2.19. The summed E-state index contributed by atoms with van der Waals surface area (Å²) in [4.78, 5) is 12.5. The van der Waals surface area contributed by atoms with Gasteiger partial charge in [-0.2, -0.15) is 0 Å². The second-order valence-electron chi connectivity index (χ2n) is 2.47. The van der Waals surface area contributed by atoms with Crippen LogP contribution in [0.1, 0.15) is 0 Å². The van der Waals surface area contributed by atoms with E-state index in [2.05, 4.69) is 11.9 Å². The second-order valence-corrected chi connectivity index (χ2v) is 2.47. The fourth-order valence-electron chi connectivity index (χ4n) is 1.03. The zero-order chi connectivity index (χ0) is 8.27. The molecule has 0 bridgehead atoms. The molecule has 0 radical (unpaired) electrons. The standard InChI is InChI=1S/C7H12N2O2/c1-2-7(11)9-4-3-8-6(10)5-9/h2,7,11H,1,3-5H2,(H,8,10). The third-order valence-electron chi connectivity index (χ3n) is 1.65. The number of carbonyl (C=O) groups excluding carboxylic acids is 1. The van der Waals surface area contributed by atoms with Crippen molar-refractivity contribution in [2.24, 2.45) is 0 Å². The van der Waals surface area contributed by atoms with Crippen LogP contribution in [0.3, 0.4) is 0 Å². The van der Waals surface area contributed by atoms with Crippen LogP contribution in [0.2, 0.25) is 0 Å². The lowest BCUT2D eigenvalue weighted by Gasteiger charge is -2.28. The van der Waals surface area contributed by atoms with Crippen LogP contribution in [0.5, 0.6) is 0 Å². The summed E-state index contributed by atoms with van der Waals surface area (Å²) in [5.74, 6) is -0.0443. The van der Waals surface area contributed by atoms with Gasteiger partial charge in [0.25, 0.3) is 0 Å². The Kier molecular flexibility index (Phi) is 2.62. The maximum absolute atomic E-state index is 10.8. The first-order chi connectivity index (χ1) is 5.24. The van der Waals surface area contributed by atoms with E-state index in [0.717, 1.165) is 0 Å². The zero-order valence-electron chi connectivity index (χ0n) is 6.29. The van der Waals surface area contributed by atoms with E-state index in [9.17, 15) is 9.90 Å². The van der Waals surface area contributed by atoms with Gasteiger partial charge in [0.15, 0.2) is 0 Å². The summed E-state index contributed by atoms with van der Waals surface area (Å²) < 4.78 is 0. The summed E-state index contributed by atoms with van der Waals surface area (Å²) in [5, 5.41) is 11.9. The minimum Gasteiger partial charge on any atom is -0.375 e. The van der Waals surface area contributed by atoms with Gasteiger partial charge >= 0.3 is 0 Å². The molecule has 0 aromatic heterocycles. The number of nitrogens with zero attached hydrogens (tertiary/aromatic N) is 1. The van der Waals surface area contributed by atoms with Crippen molar-refractivity contribution >= 4 is 5.91 Å². The molecule has 1 amide bonds. The lowest BCUT2D eigenvalue weighted by Crippen LogP contribution is -2.51. The van der Waals surface area contributed by atoms with Gasteiger partial charge in [-0.05, 0) is 6.08 Å². The van der Waals surface area contributed by atoms with E-state index >= 15 is 0 Å². The highest BCUT2D eigenvalue weighted by molar-refractivity contribution is 5.78. The van der Waals surface area contributed by atoms with Crippen LogP contribution < -0.4 is 5.32 Å². The van der Waals surface area contributed by atoms with E-state index in [-0.39, 0.29) is 12.5 Å². The van der Waals surface area contributed by atoms with Gasteiger partial charge in [-0.25, -0.2) is 0 Å². The maximum atomic E-state index is 10.8. The van der Waals surface area contributed by atoms with E-state index in [1.54, 1.807) is 4.90 Å². The average molecular weight is 156 g/mol. The average Bonchev–Trinajstić information content (AvgIpc) is 2.03. The van der Waals surface area contributed by atoms with E-state index in [4.69, 9.17) is 0 Å². The summed E-state index contributed by atoms with van der Waals surface area (Å²) in [5.41, 5.74) is 0. The Morgan fingerprint density at radius 2 is 2.55 bits per heavy atom. The summed E-state index contributed by atoms with van der Waals surface area (Å²) in [6.45, 7) is 4.98. The molecule has 4 heteroatoms. The highest BCUT2D eigenvalue weighted by Crippen LogP contribution is 1.98. The third-order valence-corrected chi connectivity index (χ3v) is 1.65. The maximum Gasteiger partial charge on any atom is 0.234 e. The van der Waals surface area contributed by atoms with Crippen molar-refractivity contribution < 1.29 is 9.90 Å². The van der Waals surface area contributed by atoms with Crippen LogP contribution in [0, 0.1) is 0 Å². The predicted octanol–water partition coefficient (Wildman–Crippen LogP) is -1.08. The van der Waals surface area contributed by atoms with Crippen LogP contribution >= 0.6 is 0 Å². The number of piperazine rings is 1.